The molecule has 0 unspecified atom stereocenters. The number of hydrogen-bond donors (Lipinski definition) is 0. The molecule has 5 nitrogen and oxygen atoms in total. The summed E-state index contributed by atoms with van der Waals surface area (Å²) in [5.74, 6) is 0.573. The fourth-order valence-electron chi connectivity index (χ4n) is 2.91. The van der Waals surface area contributed by atoms with E-state index in [1.165, 1.54) is 9.13 Å². The van der Waals surface area contributed by atoms with Crippen molar-refractivity contribution in [2.24, 2.45) is 0 Å². The maximum Gasteiger partial charge on any atom is 0.321 e. The van der Waals surface area contributed by atoms with Crippen LogP contribution < -0.4 is 15.9 Å². The summed E-state index contributed by atoms with van der Waals surface area (Å²) in [6, 6.07) is 13.3. The molecule has 0 saturated heterocycles. The lowest BCUT2D eigenvalue weighted by Crippen LogP contribution is -2.40. The van der Waals surface area contributed by atoms with Gasteiger partial charge in [-0.2, -0.15) is 0 Å². The van der Waals surface area contributed by atoms with Gasteiger partial charge in [0.2, 0.25) is 0 Å². The molecular weight excluding hydrogens is 328 g/mol. The molecule has 5 heteroatoms. The van der Waals surface area contributed by atoms with Crippen LogP contribution in [0.25, 0.3) is 5.69 Å². The second-order valence-electron chi connectivity index (χ2n) is 6.24. The van der Waals surface area contributed by atoms with Crippen molar-refractivity contribution in [2.75, 3.05) is 6.61 Å². The van der Waals surface area contributed by atoms with Crippen LogP contribution in [-0.4, -0.2) is 15.7 Å². The largest absolute Gasteiger partial charge is 0.492 e. The van der Waals surface area contributed by atoms with E-state index in [0.717, 1.165) is 16.7 Å². The van der Waals surface area contributed by atoms with Crippen molar-refractivity contribution in [1.82, 2.24) is 9.13 Å². The molecule has 0 aliphatic rings. The molecule has 0 radical (unpaired) electrons. The predicted molar refractivity (Wildman–Crippen MR) is 102 cm³/mol. The number of aryl methyl sites for hydroxylation is 2. The van der Waals surface area contributed by atoms with E-state index in [0.29, 0.717) is 24.6 Å². The van der Waals surface area contributed by atoms with Crippen LogP contribution in [0.4, 0.5) is 0 Å². The zero-order valence-electron chi connectivity index (χ0n) is 15.2. The van der Waals surface area contributed by atoms with Gasteiger partial charge in [-0.1, -0.05) is 35.9 Å². The lowest BCUT2D eigenvalue weighted by molar-refractivity contribution is 0.339. The summed E-state index contributed by atoms with van der Waals surface area (Å²) in [5, 5.41) is 0. The molecule has 26 heavy (non-hydrogen) atoms. The van der Waals surface area contributed by atoms with E-state index in [1.807, 2.05) is 51.1 Å². The molecule has 0 fully saturated rings. The Labute approximate surface area is 152 Å². The second-order valence-corrected chi connectivity index (χ2v) is 6.24. The molecule has 0 N–H and O–H groups in total. The summed E-state index contributed by atoms with van der Waals surface area (Å²) in [6.45, 7) is 6.74. The molecule has 0 aliphatic heterocycles. The molecule has 0 aliphatic carbocycles. The molecule has 134 valence electrons. The van der Waals surface area contributed by atoms with Gasteiger partial charge in [0.15, 0.2) is 0 Å². The summed E-state index contributed by atoms with van der Waals surface area (Å²) in [4.78, 5) is 25.3. The van der Waals surface area contributed by atoms with Crippen LogP contribution in [0.2, 0.25) is 0 Å². The third-order valence-corrected chi connectivity index (χ3v) is 4.33. The Morgan fingerprint density at radius 3 is 2.50 bits per heavy atom. The molecule has 0 bridgehead atoms. The summed E-state index contributed by atoms with van der Waals surface area (Å²) in [6.07, 6.45) is 3.26. The average molecular weight is 350 g/mol. The first-order valence-corrected chi connectivity index (χ1v) is 8.61. The van der Waals surface area contributed by atoms with E-state index in [4.69, 9.17) is 4.74 Å². The molecular formula is C21H22N2O3. The molecule has 0 saturated carbocycles. The van der Waals surface area contributed by atoms with Gasteiger partial charge in [-0.3, -0.25) is 14.2 Å². The highest BCUT2D eigenvalue weighted by atomic mass is 16.5. The van der Waals surface area contributed by atoms with Crippen molar-refractivity contribution in [3.05, 3.63) is 92.3 Å². The Hall–Kier alpha value is -3.08. The van der Waals surface area contributed by atoms with Gasteiger partial charge in [0.05, 0.1) is 18.8 Å². The zero-order chi connectivity index (χ0) is 18.7. The molecule has 2 aromatic carbocycles. The van der Waals surface area contributed by atoms with E-state index in [-0.39, 0.29) is 0 Å². The van der Waals surface area contributed by atoms with Gasteiger partial charge in [-0.25, -0.2) is 0 Å². The van der Waals surface area contributed by atoms with Gasteiger partial charge >= 0.3 is 11.1 Å². The minimum absolute atomic E-state index is 0.371. The van der Waals surface area contributed by atoms with Crippen molar-refractivity contribution in [1.29, 1.82) is 0 Å². The van der Waals surface area contributed by atoms with Gasteiger partial charge in [0.25, 0.3) is 0 Å². The number of hydrogen-bond acceptors (Lipinski definition) is 3. The molecule has 3 rings (SSSR count). The summed E-state index contributed by atoms with van der Waals surface area (Å²) >= 11 is 0. The molecule has 3 aromatic rings. The Morgan fingerprint density at radius 1 is 0.962 bits per heavy atom. The number of ether oxygens (including phenoxy) is 1. The third-order valence-electron chi connectivity index (χ3n) is 4.33. The first-order valence-electron chi connectivity index (χ1n) is 8.61. The minimum atomic E-state index is -0.593. The van der Waals surface area contributed by atoms with Gasteiger partial charge in [-0.15, -0.1) is 0 Å². The van der Waals surface area contributed by atoms with E-state index in [1.54, 1.807) is 24.5 Å². The molecule has 1 aromatic heterocycles. The number of rotatable bonds is 5. The minimum Gasteiger partial charge on any atom is -0.492 e. The van der Waals surface area contributed by atoms with Crippen LogP contribution in [0.3, 0.4) is 0 Å². The fraction of sp³-hybridized carbons (Fsp3) is 0.238. The first kappa shape index (κ1) is 17.7. The summed E-state index contributed by atoms with van der Waals surface area (Å²) in [5.41, 5.74) is 2.66. The Bertz CT molecular complexity index is 1050. The van der Waals surface area contributed by atoms with Gasteiger partial charge < -0.3 is 9.30 Å². The smallest absolute Gasteiger partial charge is 0.321 e. The average Bonchev–Trinajstić information content (AvgIpc) is 2.63. The fourth-order valence-corrected chi connectivity index (χ4v) is 2.91. The van der Waals surface area contributed by atoms with Gasteiger partial charge in [0, 0.05) is 12.4 Å². The van der Waals surface area contributed by atoms with Crippen molar-refractivity contribution >= 4 is 0 Å². The predicted octanol–water partition coefficient (Wildman–Crippen LogP) is 3.06. The maximum atomic E-state index is 12.7. The van der Waals surface area contributed by atoms with Crippen LogP contribution in [0.1, 0.15) is 23.6 Å². The second kappa shape index (κ2) is 7.44. The van der Waals surface area contributed by atoms with Crippen LogP contribution in [0.5, 0.6) is 5.75 Å². The van der Waals surface area contributed by atoms with E-state index < -0.39 is 11.1 Å². The van der Waals surface area contributed by atoms with Crippen molar-refractivity contribution in [3.8, 4) is 11.4 Å². The van der Waals surface area contributed by atoms with E-state index in [2.05, 4.69) is 0 Å². The normalized spacial score (nSPS) is 10.7. The molecule has 0 atom stereocenters. The van der Waals surface area contributed by atoms with Crippen LogP contribution in [0.15, 0.2) is 64.4 Å². The van der Waals surface area contributed by atoms with Gasteiger partial charge in [0.1, 0.15) is 5.75 Å². The Kier molecular flexibility index (Phi) is 5.07. The van der Waals surface area contributed by atoms with E-state index in [9.17, 15) is 9.59 Å². The van der Waals surface area contributed by atoms with Crippen LogP contribution in [-0.2, 0) is 6.54 Å². The standard InChI is InChI=1S/C21H22N2O3/c1-4-26-19-8-6-5-7-18(19)23-12-11-22(20(24)21(23)25)14-17-13-15(2)9-10-16(17)3/h5-13H,4,14H2,1-3H3. The third kappa shape index (κ3) is 3.47. The maximum absolute atomic E-state index is 12.7. The SMILES string of the molecule is CCOc1ccccc1-n1ccn(Cc2cc(C)ccc2C)c(=O)c1=O. The molecule has 1 heterocycles. The quantitative estimate of drug-likeness (QED) is 0.665. The monoisotopic (exact) mass is 350 g/mol. The number of para-hydroxylation sites is 2. The summed E-state index contributed by atoms with van der Waals surface area (Å²) in [7, 11) is 0. The summed E-state index contributed by atoms with van der Waals surface area (Å²) < 4.78 is 8.36. The number of aromatic nitrogens is 2. The Morgan fingerprint density at radius 2 is 1.73 bits per heavy atom. The lowest BCUT2D eigenvalue weighted by atomic mass is 10.1. The van der Waals surface area contributed by atoms with Crippen molar-refractivity contribution in [2.45, 2.75) is 27.3 Å². The lowest BCUT2D eigenvalue weighted by Gasteiger charge is -2.14. The Balaban J connectivity index is 2.04. The van der Waals surface area contributed by atoms with Crippen LogP contribution in [0, 0.1) is 13.8 Å². The highest BCUT2D eigenvalue weighted by molar-refractivity contribution is 5.46. The topological polar surface area (TPSA) is 53.2 Å². The van der Waals surface area contributed by atoms with Crippen molar-refractivity contribution in [3.63, 3.8) is 0 Å². The van der Waals surface area contributed by atoms with Crippen LogP contribution >= 0.6 is 0 Å². The number of benzene rings is 2. The molecule has 0 amide bonds. The van der Waals surface area contributed by atoms with Gasteiger partial charge in [-0.05, 0) is 44.0 Å². The number of nitrogens with zero attached hydrogens (tertiary/aromatic N) is 2. The highest BCUT2D eigenvalue weighted by Gasteiger charge is 2.11. The highest BCUT2D eigenvalue weighted by Crippen LogP contribution is 2.20. The zero-order valence-corrected chi connectivity index (χ0v) is 15.2. The van der Waals surface area contributed by atoms with E-state index >= 15 is 0 Å². The first-order chi connectivity index (χ1) is 12.5. The van der Waals surface area contributed by atoms with Crippen molar-refractivity contribution < 1.29 is 4.74 Å². The molecule has 0 spiro atoms.